The van der Waals surface area contributed by atoms with Gasteiger partial charge in [-0.25, -0.2) is 14.5 Å². The molecule has 0 N–H and O–H groups in total. The van der Waals surface area contributed by atoms with Crippen molar-refractivity contribution in [2.75, 3.05) is 13.2 Å². The number of benzene rings is 1. The van der Waals surface area contributed by atoms with E-state index in [1.54, 1.807) is 28.9 Å². The molecule has 0 atom stereocenters. The molecular formula is C21H19Cl2N3O4. The summed E-state index contributed by atoms with van der Waals surface area (Å²) in [7, 11) is 0. The number of fused-ring (bicyclic) bond motifs is 1. The average Bonchev–Trinajstić information content (AvgIpc) is 2.90. The fraction of sp³-hybridized carbons (Fsp3) is 0.286. The first-order valence-corrected chi connectivity index (χ1v) is 10.1. The van der Waals surface area contributed by atoms with E-state index in [4.69, 9.17) is 37.4 Å². The van der Waals surface area contributed by atoms with E-state index in [0.717, 1.165) is 17.8 Å². The quantitative estimate of drug-likeness (QED) is 0.539. The van der Waals surface area contributed by atoms with Crippen LogP contribution in [0.15, 0.2) is 30.3 Å². The van der Waals surface area contributed by atoms with Crippen LogP contribution in [0.25, 0.3) is 5.82 Å². The lowest BCUT2D eigenvalue weighted by Crippen LogP contribution is -2.11. The minimum absolute atomic E-state index is 0.0159. The molecule has 3 heterocycles. The molecular weight excluding hydrogens is 429 g/mol. The molecule has 0 saturated carbocycles. The lowest BCUT2D eigenvalue weighted by molar-refractivity contribution is 0.0465. The van der Waals surface area contributed by atoms with Crippen molar-refractivity contribution >= 4 is 29.2 Å². The van der Waals surface area contributed by atoms with Crippen LogP contribution in [0.2, 0.25) is 10.0 Å². The second kappa shape index (κ2) is 8.53. The predicted molar refractivity (Wildman–Crippen MR) is 112 cm³/mol. The number of hydrogen-bond acceptors (Lipinski definition) is 6. The molecule has 9 heteroatoms. The zero-order chi connectivity index (χ0) is 21.3. The van der Waals surface area contributed by atoms with Gasteiger partial charge in [0.2, 0.25) is 0 Å². The van der Waals surface area contributed by atoms with Gasteiger partial charge >= 0.3 is 5.97 Å². The molecule has 1 aliphatic rings. The van der Waals surface area contributed by atoms with Gasteiger partial charge in [-0.1, -0.05) is 23.2 Å². The molecule has 1 aromatic carbocycles. The van der Waals surface area contributed by atoms with Crippen LogP contribution >= 0.6 is 23.2 Å². The van der Waals surface area contributed by atoms with Gasteiger partial charge in [0.15, 0.2) is 23.0 Å². The number of ether oxygens (including phenoxy) is 3. The number of esters is 1. The fourth-order valence-corrected chi connectivity index (χ4v) is 3.61. The second-order valence-corrected chi connectivity index (χ2v) is 7.68. The summed E-state index contributed by atoms with van der Waals surface area (Å²) >= 11 is 12.5. The third-order valence-corrected chi connectivity index (χ3v) is 5.07. The number of nitrogens with zero attached hydrogens (tertiary/aromatic N) is 3. The molecule has 0 saturated heterocycles. The summed E-state index contributed by atoms with van der Waals surface area (Å²) in [6.07, 6.45) is 0.769. The van der Waals surface area contributed by atoms with Gasteiger partial charge in [-0.05, 0) is 49.7 Å². The van der Waals surface area contributed by atoms with Gasteiger partial charge in [0.1, 0.15) is 6.61 Å². The number of aryl methyl sites for hydroxylation is 2. The Morgan fingerprint density at radius 2 is 1.93 bits per heavy atom. The number of pyridine rings is 1. The summed E-state index contributed by atoms with van der Waals surface area (Å²) in [6, 6.07) is 8.65. The highest BCUT2D eigenvalue weighted by Gasteiger charge is 2.19. The number of carbonyl (C=O) groups is 1. The normalized spacial score (nSPS) is 13.1. The van der Waals surface area contributed by atoms with E-state index in [9.17, 15) is 4.79 Å². The van der Waals surface area contributed by atoms with Gasteiger partial charge in [-0.15, -0.1) is 0 Å². The van der Waals surface area contributed by atoms with Crippen LogP contribution in [0.3, 0.4) is 0 Å². The van der Waals surface area contributed by atoms with E-state index >= 15 is 0 Å². The maximum absolute atomic E-state index is 12.7. The Hall–Kier alpha value is -2.77. The molecule has 0 bridgehead atoms. The summed E-state index contributed by atoms with van der Waals surface area (Å²) in [6.45, 7) is 4.84. The standard InChI is InChI=1S/C21H19Cl2N3O4/c1-12-8-13(2)26(25-12)18-5-4-15(22)19(24-18)21(27)30-11-14-9-16(23)20-17(10-14)28-6-3-7-29-20/h4-5,8-10H,3,6-7,11H2,1-2H3. The van der Waals surface area contributed by atoms with Crippen molar-refractivity contribution < 1.29 is 19.0 Å². The van der Waals surface area contributed by atoms with E-state index in [1.165, 1.54) is 0 Å². The molecule has 0 radical (unpaired) electrons. The molecule has 1 aliphatic heterocycles. The zero-order valence-corrected chi connectivity index (χ0v) is 18.0. The Labute approximate surface area is 183 Å². The van der Waals surface area contributed by atoms with E-state index in [0.29, 0.717) is 41.1 Å². The molecule has 7 nitrogen and oxygen atoms in total. The Bertz CT molecular complexity index is 1110. The van der Waals surface area contributed by atoms with Crippen LogP contribution in [0.1, 0.15) is 33.9 Å². The van der Waals surface area contributed by atoms with Crippen molar-refractivity contribution in [1.29, 1.82) is 0 Å². The van der Waals surface area contributed by atoms with Crippen LogP contribution in [0.4, 0.5) is 0 Å². The van der Waals surface area contributed by atoms with E-state index in [-0.39, 0.29) is 17.3 Å². The van der Waals surface area contributed by atoms with E-state index in [1.807, 2.05) is 19.9 Å². The summed E-state index contributed by atoms with van der Waals surface area (Å²) in [5.41, 5.74) is 2.42. The molecule has 4 rings (SSSR count). The minimum atomic E-state index is -0.647. The molecule has 0 amide bonds. The SMILES string of the molecule is Cc1cc(C)n(-c2ccc(Cl)c(C(=O)OCc3cc(Cl)c4c(c3)OCCCO4)n2)n1. The maximum Gasteiger partial charge on any atom is 0.358 e. The van der Waals surface area contributed by atoms with E-state index < -0.39 is 5.97 Å². The van der Waals surface area contributed by atoms with Crippen LogP contribution in [0.5, 0.6) is 11.5 Å². The molecule has 30 heavy (non-hydrogen) atoms. The van der Waals surface area contributed by atoms with Crippen molar-refractivity contribution in [1.82, 2.24) is 14.8 Å². The largest absolute Gasteiger partial charge is 0.489 e. The van der Waals surface area contributed by atoms with Crippen molar-refractivity contribution in [3.8, 4) is 17.3 Å². The molecule has 0 aliphatic carbocycles. The Kier molecular flexibility index (Phi) is 5.83. The first-order valence-electron chi connectivity index (χ1n) is 9.37. The number of rotatable bonds is 4. The highest BCUT2D eigenvalue weighted by atomic mass is 35.5. The molecule has 0 fully saturated rings. The summed E-state index contributed by atoms with van der Waals surface area (Å²) < 4.78 is 18.3. The molecule has 0 spiro atoms. The smallest absolute Gasteiger partial charge is 0.358 e. The Balaban J connectivity index is 1.53. The van der Waals surface area contributed by atoms with Crippen molar-refractivity contribution in [2.24, 2.45) is 0 Å². The zero-order valence-electron chi connectivity index (χ0n) is 16.4. The summed E-state index contributed by atoms with van der Waals surface area (Å²) in [5.74, 6) is 0.877. The van der Waals surface area contributed by atoms with Gasteiger partial charge in [-0.3, -0.25) is 0 Å². The molecule has 2 aromatic heterocycles. The van der Waals surface area contributed by atoms with Crippen LogP contribution < -0.4 is 9.47 Å². The lowest BCUT2D eigenvalue weighted by atomic mass is 10.2. The van der Waals surface area contributed by atoms with Crippen LogP contribution in [-0.4, -0.2) is 33.9 Å². The number of carbonyl (C=O) groups excluding carboxylic acids is 1. The summed E-state index contributed by atoms with van der Waals surface area (Å²) in [5, 5.41) is 4.98. The van der Waals surface area contributed by atoms with Gasteiger partial charge < -0.3 is 14.2 Å². The average molecular weight is 448 g/mol. The Morgan fingerprint density at radius 3 is 2.70 bits per heavy atom. The number of hydrogen-bond donors (Lipinski definition) is 0. The first kappa shape index (κ1) is 20.5. The highest BCUT2D eigenvalue weighted by molar-refractivity contribution is 6.33. The summed E-state index contributed by atoms with van der Waals surface area (Å²) in [4.78, 5) is 17.0. The fourth-order valence-electron chi connectivity index (χ4n) is 3.14. The minimum Gasteiger partial charge on any atom is -0.489 e. The second-order valence-electron chi connectivity index (χ2n) is 6.87. The number of halogens is 2. The first-order chi connectivity index (χ1) is 14.4. The third-order valence-electron chi connectivity index (χ3n) is 4.48. The van der Waals surface area contributed by atoms with Crippen LogP contribution in [0, 0.1) is 13.8 Å². The molecule has 3 aromatic rings. The lowest BCUT2D eigenvalue weighted by Gasteiger charge is -2.12. The van der Waals surface area contributed by atoms with Crippen molar-refractivity contribution in [2.45, 2.75) is 26.9 Å². The van der Waals surface area contributed by atoms with Gasteiger partial charge in [0.05, 0.1) is 29.0 Å². The van der Waals surface area contributed by atoms with Crippen molar-refractivity contribution in [3.05, 3.63) is 63.0 Å². The van der Waals surface area contributed by atoms with Gasteiger partial charge in [0.25, 0.3) is 0 Å². The van der Waals surface area contributed by atoms with E-state index in [2.05, 4.69) is 10.1 Å². The molecule has 156 valence electrons. The number of aromatic nitrogens is 3. The van der Waals surface area contributed by atoms with Gasteiger partial charge in [0, 0.05) is 12.1 Å². The Morgan fingerprint density at radius 1 is 1.13 bits per heavy atom. The van der Waals surface area contributed by atoms with Gasteiger partial charge in [-0.2, -0.15) is 5.10 Å². The molecule has 0 unspecified atom stereocenters. The van der Waals surface area contributed by atoms with Crippen molar-refractivity contribution in [3.63, 3.8) is 0 Å². The maximum atomic E-state index is 12.7. The van der Waals surface area contributed by atoms with Crippen LogP contribution in [-0.2, 0) is 11.3 Å². The predicted octanol–water partition coefficient (Wildman–Crippen LogP) is 4.71. The third kappa shape index (κ3) is 4.22. The monoisotopic (exact) mass is 447 g/mol. The topological polar surface area (TPSA) is 75.5 Å². The highest BCUT2D eigenvalue weighted by Crippen LogP contribution is 2.38.